The summed E-state index contributed by atoms with van der Waals surface area (Å²) in [6.45, 7) is 3.57. The van der Waals surface area contributed by atoms with Crippen molar-refractivity contribution in [3.63, 3.8) is 0 Å². The van der Waals surface area contributed by atoms with Gasteiger partial charge in [-0.1, -0.05) is 6.92 Å². The summed E-state index contributed by atoms with van der Waals surface area (Å²) in [5.74, 6) is -0.876. The first-order chi connectivity index (χ1) is 17.6. The number of nitrogens with zero attached hydrogens (tertiary/aromatic N) is 1. The van der Waals surface area contributed by atoms with E-state index in [0.29, 0.717) is 39.4 Å². The van der Waals surface area contributed by atoms with Crippen molar-refractivity contribution in [3.8, 4) is 23.0 Å². The third-order valence-electron chi connectivity index (χ3n) is 7.12. The lowest BCUT2D eigenvalue weighted by molar-refractivity contribution is -0.143. The van der Waals surface area contributed by atoms with E-state index in [4.69, 9.17) is 18.9 Å². The molecule has 2 aliphatic rings. The molecular weight excluding hydrogens is 482 g/mol. The lowest BCUT2D eigenvalue weighted by atomic mass is 9.89. The van der Waals surface area contributed by atoms with Crippen molar-refractivity contribution in [2.45, 2.75) is 25.3 Å². The summed E-state index contributed by atoms with van der Waals surface area (Å²) in [5.41, 5.74) is 0.544. The maximum absolute atomic E-state index is 13.7. The SMILES string of the molecule is COC(=O)C1(C)Nc2c(O)cc3c(c2C1=O)C(C)CN3C(=O)c1cc2c(OC)c(OC)c(OC)cc2[nH]1. The van der Waals surface area contributed by atoms with Crippen LogP contribution in [-0.2, 0) is 9.53 Å². The Bertz CT molecular complexity index is 1490. The fraction of sp³-hybridized carbons (Fsp3) is 0.346. The Morgan fingerprint density at radius 2 is 1.78 bits per heavy atom. The van der Waals surface area contributed by atoms with Gasteiger partial charge in [-0.25, -0.2) is 4.79 Å². The number of aromatic nitrogens is 1. The van der Waals surface area contributed by atoms with Crippen molar-refractivity contribution < 1.29 is 38.4 Å². The zero-order chi connectivity index (χ0) is 26.8. The van der Waals surface area contributed by atoms with E-state index in [0.717, 1.165) is 0 Å². The molecule has 3 heterocycles. The fourth-order valence-electron chi connectivity index (χ4n) is 5.33. The average Bonchev–Trinajstić information content (AvgIpc) is 3.54. The van der Waals surface area contributed by atoms with Gasteiger partial charge in [-0.05, 0) is 18.6 Å². The highest BCUT2D eigenvalue weighted by molar-refractivity contribution is 6.26. The van der Waals surface area contributed by atoms with E-state index in [-0.39, 0.29) is 41.1 Å². The molecule has 2 aromatic carbocycles. The Morgan fingerprint density at radius 3 is 2.41 bits per heavy atom. The quantitative estimate of drug-likeness (QED) is 0.269. The largest absolute Gasteiger partial charge is 0.506 e. The summed E-state index contributed by atoms with van der Waals surface area (Å²) < 4.78 is 21.2. The van der Waals surface area contributed by atoms with E-state index in [9.17, 15) is 19.5 Å². The Labute approximate surface area is 212 Å². The van der Waals surface area contributed by atoms with Crippen LogP contribution >= 0.6 is 0 Å². The summed E-state index contributed by atoms with van der Waals surface area (Å²) >= 11 is 0. The first kappa shape index (κ1) is 24.3. The number of H-pyrrole nitrogens is 1. The molecule has 0 fully saturated rings. The Balaban J connectivity index is 1.61. The van der Waals surface area contributed by atoms with Gasteiger partial charge in [0, 0.05) is 30.0 Å². The number of ketones is 1. The third-order valence-corrected chi connectivity index (χ3v) is 7.12. The second-order valence-electron chi connectivity index (χ2n) is 9.26. The number of amides is 1. The van der Waals surface area contributed by atoms with Gasteiger partial charge in [-0.2, -0.15) is 0 Å². The smallest absolute Gasteiger partial charge is 0.339 e. The number of aromatic hydroxyl groups is 1. The molecule has 2 unspecified atom stereocenters. The van der Waals surface area contributed by atoms with Crippen molar-refractivity contribution in [2.75, 3.05) is 45.2 Å². The fourth-order valence-corrected chi connectivity index (χ4v) is 5.33. The number of phenolic OH excluding ortho intramolecular Hbond substituents is 1. The lowest BCUT2D eigenvalue weighted by Crippen LogP contribution is -2.47. The predicted molar refractivity (Wildman–Crippen MR) is 135 cm³/mol. The van der Waals surface area contributed by atoms with Crippen molar-refractivity contribution >= 4 is 39.9 Å². The number of ether oxygens (including phenoxy) is 4. The van der Waals surface area contributed by atoms with Crippen LogP contribution < -0.4 is 24.4 Å². The van der Waals surface area contributed by atoms with Gasteiger partial charge in [0.05, 0.1) is 50.9 Å². The van der Waals surface area contributed by atoms with Crippen LogP contribution in [0.15, 0.2) is 18.2 Å². The summed E-state index contributed by atoms with van der Waals surface area (Å²) in [6, 6.07) is 4.81. The number of benzene rings is 2. The number of hydrogen-bond donors (Lipinski definition) is 3. The van der Waals surface area contributed by atoms with Crippen LogP contribution in [0.1, 0.15) is 46.2 Å². The van der Waals surface area contributed by atoms with Crippen LogP contribution in [0, 0.1) is 0 Å². The zero-order valence-electron chi connectivity index (χ0n) is 21.3. The number of hydrogen-bond acceptors (Lipinski definition) is 9. The number of fused-ring (bicyclic) bond motifs is 4. The molecule has 0 saturated heterocycles. The maximum Gasteiger partial charge on any atom is 0.339 e. The van der Waals surface area contributed by atoms with E-state index in [1.54, 1.807) is 12.1 Å². The van der Waals surface area contributed by atoms with Gasteiger partial charge in [-0.3, -0.25) is 9.59 Å². The van der Waals surface area contributed by atoms with E-state index < -0.39 is 17.3 Å². The number of carbonyl (C=O) groups is 3. The number of methoxy groups -OCH3 is 4. The Morgan fingerprint density at radius 1 is 1.08 bits per heavy atom. The highest BCUT2D eigenvalue weighted by Crippen LogP contribution is 2.51. The van der Waals surface area contributed by atoms with Gasteiger partial charge in [0.15, 0.2) is 17.0 Å². The van der Waals surface area contributed by atoms with Crippen molar-refractivity contribution in [2.24, 2.45) is 0 Å². The normalized spacial score (nSPS) is 19.9. The van der Waals surface area contributed by atoms with Gasteiger partial charge in [0.25, 0.3) is 5.91 Å². The molecule has 0 aliphatic carbocycles. The minimum atomic E-state index is -1.67. The predicted octanol–water partition coefficient (Wildman–Crippen LogP) is 3.20. The van der Waals surface area contributed by atoms with E-state index in [1.807, 2.05) is 6.92 Å². The molecular formula is C26H27N3O8. The number of anilines is 2. The van der Waals surface area contributed by atoms with E-state index in [2.05, 4.69) is 10.3 Å². The lowest BCUT2D eigenvalue weighted by Gasteiger charge is -2.20. The number of Topliss-reactive ketones (excluding diaryl/α,β-unsaturated/α-hetero) is 1. The van der Waals surface area contributed by atoms with Gasteiger partial charge in [0.2, 0.25) is 11.5 Å². The minimum absolute atomic E-state index is 0.160. The number of esters is 1. The maximum atomic E-state index is 13.7. The standard InChI is InChI=1S/C26H27N3O8/c1-11-10-29(15-9-16(30)20-19(18(11)15)23(31)26(2,28-20)25(33)37-6)24(32)14-7-12-13(27-14)8-17(34-3)22(36-5)21(12)35-4/h7-9,11,27-28,30H,10H2,1-6H3. The molecule has 11 heteroatoms. The highest BCUT2D eigenvalue weighted by atomic mass is 16.5. The minimum Gasteiger partial charge on any atom is -0.506 e. The van der Waals surface area contributed by atoms with Crippen molar-refractivity contribution in [1.82, 2.24) is 4.98 Å². The molecule has 3 aromatic rings. The summed E-state index contributed by atoms with van der Waals surface area (Å²) in [4.78, 5) is 44.2. The molecule has 0 bridgehead atoms. The molecule has 2 atom stereocenters. The average molecular weight is 510 g/mol. The molecule has 0 radical (unpaired) electrons. The van der Waals surface area contributed by atoms with Crippen LogP contribution in [-0.4, -0.2) is 68.3 Å². The molecule has 0 spiro atoms. The second-order valence-corrected chi connectivity index (χ2v) is 9.26. The highest BCUT2D eigenvalue weighted by Gasteiger charge is 2.52. The van der Waals surface area contributed by atoms with Gasteiger partial charge < -0.3 is 39.3 Å². The molecule has 37 heavy (non-hydrogen) atoms. The molecule has 5 rings (SSSR count). The van der Waals surface area contributed by atoms with Crippen LogP contribution in [0.25, 0.3) is 10.9 Å². The first-order valence-corrected chi connectivity index (χ1v) is 11.6. The van der Waals surface area contributed by atoms with Crippen LogP contribution in [0.3, 0.4) is 0 Å². The monoisotopic (exact) mass is 509 g/mol. The number of nitrogens with one attached hydrogen (secondary N) is 2. The topological polar surface area (TPSA) is 139 Å². The molecule has 1 aromatic heterocycles. The number of aromatic amines is 1. The van der Waals surface area contributed by atoms with E-state index in [1.165, 1.54) is 46.3 Å². The summed E-state index contributed by atoms with van der Waals surface area (Å²) in [6.07, 6.45) is 0. The van der Waals surface area contributed by atoms with Gasteiger partial charge >= 0.3 is 5.97 Å². The molecule has 2 aliphatic heterocycles. The van der Waals surface area contributed by atoms with Gasteiger partial charge in [0.1, 0.15) is 11.4 Å². The van der Waals surface area contributed by atoms with Gasteiger partial charge in [-0.15, -0.1) is 0 Å². The summed E-state index contributed by atoms with van der Waals surface area (Å²) in [5, 5.41) is 14.3. The first-order valence-electron chi connectivity index (χ1n) is 11.6. The van der Waals surface area contributed by atoms with Crippen molar-refractivity contribution in [3.05, 3.63) is 35.0 Å². The third kappa shape index (κ3) is 3.23. The Kier molecular flexibility index (Phi) is 5.47. The van der Waals surface area contributed by atoms with Crippen LogP contribution in [0.2, 0.25) is 0 Å². The Hall–Kier alpha value is -4.41. The molecule has 3 N–H and O–H groups in total. The number of rotatable bonds is 5. The molecule has 0 saturated carbocycles. The summed E-state index contributed by atoms with van der Waals surface area (Å²) in [7, 11) is 5.70. The van der Waals surface area contributed by atoms with Crippen LogP contribution in [0.5, 0.6) is 23.0 Å². The second kappa shape index (κ2) is 8.32. The molecule has 1 amide bonds. The van der Waals surface area contributed by atoms with Crippen molar-refractivity contribution in [1.29, 1.82) is 0 Å². The molecule has 11 nitrogen and oxygen atoms in total. The molecule has 194 valence electrons. The van der Waals surface area contributed by atoms with Crippen LogP contribution in [0.4, 0.5) is 11.4 Å². The zero-order valence-corrected chi connectivity index (χ0v) is 21.3. The number of carbonyl (C=O) groups excluding carboxylic acids is 3. The van der Waals surface area contributed by atoms with E-state index >= 15 is 0 Å². The number of phenols is 1.